The Morgan fingerprint density at radius 3 is 1.40 bits per heavy atom. The third-order valence-electron chi connectivity index (χ3n) is 1.10. The van der Waals surface area contributed by atoms with Crippen LogP contribution in [0.2, 0.25) is 0 Å². The van der Waals surface area contributed by atoms with Crippen LogP contribution in [0.4, 0.5) is 0 Å². The van der Waals surface area contributed by atoms with E-state index in [4.69, 9.17) is 0 Å². The van der Waals surface area contributed by atoms with Crippen LogP contribution in [0.5, 0.6) is 0 Å². The molecule has 0 aliphatic carbocycles. The van der Waals surface area contributed by atoms with E-state index in [0.717, 1.165) is 0 Å². The molecule has 0 saturated heterocycles. The third kappa shape index (κ3) is 15.7. The summed E-state index contributed by atoms with van der Waals surface area (Å²) in [5.74, 6) is 0.0648. The Labute approximate surface area is 64.1 Å². The molecule has 0 rings (SSSR count). The van der Waals surface area contributed by atoms with Crippen molar-refractivity contribution in [3.63, 3.8) is 0 Å². The highest BCUT2D eigenvalue weighted by molar-refractivity contribution is 5.91. The normalized spacial score (nSPS) is 7.60. The van der Waals surface area contributed by atoms with E-state index in [2.05, 4.69) is 20.4 Å². The topological polar surface area (TPSA) is 17.1 Å². The SMILES string of the molecule is C=C(C)C(C)=O.CCCC. The van der Waals surface area contributed by atoms with E-state index in [1.807, 2.05) is 0 Å². The van der Waals surface area contributed by atoms with E-state index >= 15 is 0 Å². The third-order valence-corrected chi connectivity index (χ3v) is 1.10. The molecule has 0 atom stereocenters. The van der Waals surface area contributed by atoms with Crippen LogP contribution in [-0.4, -0.2) is 5.78 Å². The molecule has 0 aliphatic heterocycles. The Balaban J connectivity index is 0. The number of allylic oxidation sites excluding steroid dienone is 1. The molecule has 0 fully saturated rings. The molecule has 0 amide bonds. The van der Waals surface area contributed by atoms with Crippen molar-refractivity contribution >= 4 is 5.78 Å². The first-order valence-electron chi connectivity index (χ1n) is 3.72. The van der Waals surface area contributed by atoms with E-state index in [9.17, 15) is 4.79 Å². The molecule has 0 unspecified atom stereocenters. The lowest BCUT2D eigenvalue weighted by molar-refractivity contribution is -0.113. The summed E-state index contributed by atoms with van der Waals surface area (Å²) >= 11 is 0. The van der Waals surface area contributed by atoms with Crippen LogP contribution in [0.15, 0.2) is 12.2 Å². The highest BCUT2D eigenvalue weighted by Crippen LogP contribution is 1.84. The first-order chi connectivity index (χ1) is 4.56. The van der Waals surface area contributed by atoms with Crippen molar-refractivity contribution in [3.05, 3.63) is 12.2 Å². The molecule has 0 aromatic heterocycles. The zero-order valence-corrected chi connectivity index (χ0v) is 7.53. The van der Waals surface area contributed by atoms with E-state index < -0.39 is 0 Å². The number of unbranched alkanes of at least 4 members (excludes halogenated alkanes) is 1. The van der Waals surface area contributed by atoms with Crippen LogP contribution < -0.4 is 0 Å². The van der Waals surface area contributed by atoms with E-state index in [-0.39, 0.29) is 5.78 Å². The van der Waals surface area contributed by atoms with Gasteiger partial charge in [0.05, 0.1) is 0 Å². The number of carbonyl (C=O) groups is 1. The highest BCUT2D eigenvalue weighted by Gasteiger charge is 1.85. The van der Waals surface area contributed by atoms with Crippen LogP contribution >= 0.6 is 0 Å². The zero-order valence-electron chi connectivity index (χ0n) is 7.53. The average molecular weight is 142 g/mol. The second-order valence-electron chi connectivity index (χ2n) is 2.34. The molecule has 60 valence electrons. The van der Waals surface area contributed by atoms with Gasteiger partial charge in [-0.15, -0.1) is 0 Å². The first-order valence-corrected chi connectivity index (χ1v) is 3.72. The van der Waals surface area contributed by atoms with Crippen molar-refractivity contribution in [2.45, 2.75) is 40.5 Å². The van der Waals surface area contributed by atoms with Crippen molar-refractivity contribution < 1.29 is 4.79 Å². The molecule has 10 heavy (non-hydrogen) atoms. The standard InChI is InChI=1S/C5H8O.C4H10/c1-4(2)5(3)6;1-3-4-2/h1H2,2-3H3;3-4H2,1-2H3. The summed E-state index contributed by atoms with van der Waals surface area (Å²) in [4.78, 5) is 10.0. The summed E-state index contributed by atoms with van der Waals surface area (Å²) in [5, 5.41) is 0. The summed E-state index contributed by atoms with van der Waals surface area (Å²) in [6, 6.07) is 0. The van der Waals surface area contributed by atoms with Gasteiger partial charge in [-0.05, 0) is 19.4 Å². The van der Waals surface area contributed by atoms with Gasteiger partial charge in [-0.25, -0.2) is 0 Å². The number of carbonyl (C=O) groups excluding carboxylic acids is 1. The van der Waals surface area contributed by atoms with Crippen LogP contribution in [0.1, 0.15) is 40.5 Å². The Kier molecular flexibility index (Phi) is 10.2. The van der Waals surface area contributed by atoms with Crippen molar-refractivity contribution in [1.29, 1.82) is 0 Å². The van der Waals surface area contributed by atoms with Gasteiger partial charge in [0, 0.05) is 0 Å². The summed E-state index contributed by atoms with van der Waals surface area (Å²) in [6.45, 7) is 11.0. The van der Waals surface area contributed by atoms with Crippen molar-refractivity contribution in [1.82, 2.24) is 0 Å². The van der Waals surface area contributed by atoms with E-state index in [1.165, 1.54) is 19.8 Å². The van der Waals surface area contributed by atoms with E-state index in [0.29, 0.717) is 5.57 Å². The summed E-state index contributed by atoms with van der Waals surface area (Å²) in [7, 11) is 0. The maximum Gasteiger partial charge on any atom is 0.154 e. The zero-order chi connectivity index (χ0) is 8.57. The van der Waals surface area contributed by atoms with Crippen LogP contribution in [0.25, 0.3) is 0 Å². The lowest BCUT2D eigenvalue weighted by Crippen LogP contribution is -1.86. The smallest absolute Gasteiger partial charge is 0.154 e. The lowest BCUT2D eigenvalue weighted by Gasteiger charge is -1.80. The van der Waals surface area contributed by atoms with Crippen molar-refractivity contribution in [3.8, 4) is 0 Å². The quantitative estimate of drug-likeness (QED) is 0.542. The molecule has 0 bridgehead atoms. The number of rotatable bonds is 2. The van der Waals surface area contributed by atoms with Crippen LogP contribution in [-0.2, 0) is 4.79 Å². The maximum absolute atomic E-state index is 10.0. The molecule has 0 heterocycles. The second kappa shape index (κ2) is 8.41. The Hall–Kier alpha value is -0.590. The molecule has 0 spiro atoms. The molecule has 1 nitrogen and oxygen atoms in total. The number of ketones is 1. The minimum Gasteiger partial charge on any atom is -0.295 e. The Morgan fingerprint density at radius 2 is 1.40 bits per heavy atom. The summed E-state index contributed by atoms with van der Waals surface area (Å²) in [6.07, 6.45) is 2.64. The van der Waals surface area contributed by atoms with Crippen LogP contribution in [0.3, 0.4) is 0 Å². The van der Waals surface area contributed by atoms with Crippen LogP contribution in [0, 0.1) is 0 Å². The van der Waals surface area contributed by atoms with Gasteiger partial charge >= 0.3 is 0 Å². The molecule has 0 aromatic rings. The average Bonchev–Trinajstić information content (AvgIpc) is 1.89. The molecule has 0 saturated carbocycles. The highest BCUT2D eigenvalue weighted by atomic mass is 16.1. The Bertz CT molecular complexity index is 89.3. The first kappa shape index (κ1) is 12.1. The van der Waals surface area contributed by atoms with Gasteiger partial charge in [0.1, 0.15) is 0 Å². The summed E-state index contributed by atoms with van der Waals surface area (Å²) < 4.78 is 0. The fraction of sp³-hybridized carbons (Fsp3) is 0.667. The number of hydrogen-bond donors (Lipinski definition) is 0. The van der Waals surface area contributed by atoms with Gasteiger partial charge in [0.15, 0.2) is 5.78 Å². The Morgan fingerprint density at radius 1 is 1.20 bits per heavy atom. The lowest BCUT2D eigenvalue weighted by atomic mass is 10.3. The molecular formula is C9H18O. The summed E-state index contributed by atoms with van der Waals surface area (Å²) in [5.41, 5.74) is 0.620. The fourth-order valence-corrected chi connectivity index (χ4v) is 0. The fourth-order valence-electron chi connectivity index (χ4n) is 0. The second-order valence-corrected chi connectivity index (χ2v) is 2.34. The molecule has 0 aromatic carbocycles. The largest absolute Gasteiger partial charge is 0.295 e. The molecule has 0 radical (unpaired) electrons. The maximum atomic E-state index is 10.0. The van der Waals surface area contributed by atoms with Gasteiger partial charge < -0.3 is 0 Å². The molecule has 0 N–H and O–H groups in total. The molecule has 0 aliphatic rings. The number of Topliss-reactive ketones (excluding diaryl/α,β-unsaturated/α-hetero) is 1. The predicted octanol–water partition coefficient (Wildman–Crippen LogP) is 2.96. The van der Waals surface area contributed by atoms with E-state index in [1.54, 1.807) is 6.92 Å². The molecular weight excluding hydrogens is 124 g/mol. The molecule has 1 heteroatoms. The van der Waals surface area contributed by atoms with Crippen molar-refractivity contribution in [2.24, 2.45) is 0 Å². The monoisotopic (exact) mass is 142 g/mol. The van der Waals surface area contributed by atoms with Gasteiger partial charge in [0.2, 0.25) is 0 Å². The van der Waals surface area contributed by atoms with Gasteiger partial charge in [-0.2, -0.15) is 0 Å². The van der Waals surface area contributed by atoms with Gasteiger partial charge in [-0.3, -0.25) is 4.79 Å². The van der Waals surface area contributed by atoms with Gasteiger partial charge in [0.25, 0.3) is 0 Å². The van der Waals surface area contributed by atoms with Gasteiger partial charge in [-0.1, -0.05) is 33.3 Å². The number of hydrogen-bond acceptors (Lipinski definition) is 1. The minimum atomic E-state index is 0.0648. The predicted molar refractivity (Wildman–Crippen MR) is 46.1 cm³/mol. The minimum absolute atomic E-state index is 0.0648. The van der Waals surface area contributed by atoms with Crippen molar-refractivity contribution in [2.75, 3.05) is 0 Å².